The van der Waals surface area contributed by atoms with Crippen molar-refractivity contribution in [1.29, 1.82) is 0 Å². The number of nitrogens with one attached hydrogen (secondary N) is 2. The van der Waals surface area contributed by atoms with Gasteiger partial charge < -0.3 is 29.4 Å². The molecule has 9 heteroatoms. The van der Waals surface area contributed by atoms with Crippen molar-refractivity contribution >= 4 is 33.9 Å². The molecule has 4 rings (SSSR count). The highest BCUT2D eigenvalue weighted by Gasteiger charge is 2.17. The largest absolute Gasteiger partial charge is 0.493 e. The maximum Gasteiger partial charge on any atom is 0.253 e. The van der Waals surface area contributed by atoms with Crippen molar-refractivity contribution in [2.24, 2.45) is 0 Å². The van der Waals surface area contributed by atoms with E-state index < -0.39 is 0 Å². The fourth-order valence-corrected chi connectivity index (χ4v) is 4.24. The molecule has 0 bridgehead atoms. The predicted molar refractivity (Wildman–Crippen MR) is 138 cm³/mol. The van der Waals surface area contributed by atoms with Crippen LogP contribution in [0.1, 0.15) is 5.56 Å². The first-order chi connectivity index (χ1) is 16.6. The van der Waals surface area contributed by atoms with Crippen LogP contribution in [0, 0.1) is 0 Å². The van der Waals surface area contributed by atoms with Gasteiger partial charge in [0.05, 0.1) is 39.5 Å². The third-order valence-corrected chi connectivity index (χ3v) is 6.25. The maximum atomic E-state index is 13.0. The molecule has 2 aromatic carbocycles. The number of hydrogen-bond donors (Lipinski definition) is 2. The van der Waals surface area contributed by atoms with Crippen LogP contribution in [0.15, 0.2) is 53.3 Å². The fraction of sp³-hybridized carbons (Fsp3) is 0.360. The molecule has 0 amide bonds. The molecule has 1 fully saturated rings. The SMILES string of the molecule is COc1cc2cc(CN(CCN3CCOCC3)C(=S)Nc3ccccc3)c(=O)[nH]c2cc1OC. The van der Waals surface area contributed by atoms with Gasteiger partial charge in [-0.1, -0.05) is 18.2 Å². The van der Waals surface area contributed by atoms with Crippen molar-refractivity contribution in [2.45, 2.75) is 6.54 Å². The average molecular weight is 483 g/mol. The highest BCUT2D eigenvalue weighted by atomic mass is 32.1. The maximum absolute atomic E-state index is 13.0. The lowest BCUT2D eigenvalue weighted by molar-refractivity contribution is 0.0358. The lowest BCUT2D eigenvalue weighted by Gasteiger charge is -2.31. The van der Waals surface area contributed by atoms with E-state index in [2.05, 4.69) is 15.2 Å². The number of aromatic amines is 1. The zero-order valence-electron chi connectivity index (χ0n) is 19.5. The second kappa shape index (κ2) is 11.3. The van der Waals surface area contributed by atoms with Gasteiger partial charge in [0.2, 0.25) is 0 Å². The zero-order valence-corrected chi connectivity index (χ0v) is 20.3. The predicted octanol–water partition coefficient (Wildman–Crippen LogP) is 3.08. The number of thiocarbonyl (C=S) groups is 1. The highest BCUT2D eigenvalue weighted by Crippen LogP contribution is 2.31. The van der Waals surface area contributed by atoms with Gasteiger partial charge in [0, 0.05) is 48.9 Å². The molecule has 3 aromatic rings. The molecule has 8 nitrogen and oxygen atoms in total. The second-order valence-corrected chi connectivity index (χ2v) is 8.48. The van der Waals surface area contributed by atoms with Gasteiger partial charge in [0.25, 0.3) is 5.56 Å². The normalized spacial score (nSPS) is 14.1. The first-order valence-corrected chi connectivity index (χ1v) is 11.7. The summed E-state index contributed by atoms with van der Waals surface area (Å²) in [5, 5.41) is 4.74. The van der Waals surface area contributed by atoms with Crippen LogP contribution < -0.4 is 20.3 Å². The summed E-state index contributed by atoms with van der Waals surface area (Å²) >= 11 is 5.76. The summed E-state index contributed by atoms with van der Waals surface area (Å²) in [5.74, 6) is 1.18. The number of para-hydroxylation sites is 1. The summed E-state index contributed by atoms with van der Waals surface area (Å²) in [5.41, 5.74) is 2.07. The Labute approximate surface area is 204 Å². The molecule has 180 valence electrons. The van der Waals surface area contributed by atoms with Crippen LogP contribution in [0.2, 0.25) is 0 Å². The Morgan fingerprint density at radius 1 is 1.12 bits per heavy atom. The number of morpholine rings is 1. The van der Waals surface area contributed by atoms with Crippen molar-refractivity contribution < 1.29 is 14.2 Å². The number of aromatic nitrogens is 1. The van der Waals surface area contributed by atoms with E-state index in [-0.39, 0.29) is 5.56 Å². The summed E-state index contributed by atoms with van der Waals surface area (Å²) in [6.07, 6.45) is 0. The van der Waals surface area contributed by atoms with Gasteiger partial charge in [-0.25, -0.2) is 0 Å². The van der Waals surface area contributed by atoms with Gasteiger partial charge in [0.15, 0.2) is 16.6 Å². The minimum atomic E-state index is -0.154. The molecular formula is C25H30N4O4S. The summed E-state index contributed by atoms with van der Waals surface area (Å²) in [6, 6.07) is 15.3. The number of methoxy groups -OCH3 is 2. The van der Waals surface area contributed by atoms with Crippen molar-refractivity contribution in [2.75, 3.05) is 58.9 Å². The summed E-state index contributed by atoms with van der Waals surface area (Å²) in [4.78, 5) is 20.3. The first-order valence-electron chi connectivity index (χ1n) is 11.3. The number of pyridine rings is 1. The Balaban J connectivity index is 1.59. The van der Waals surface area contributed by atoms with Gasteiger partial charge in [-0.3, -0.25) is 9.69 Å². The van der Waals surface area contributed by atoms with E-state index in [0.717, 1.165) is 43.9 Å². The Bertz CT molecular complexity index is 1180. The fourth-order valence-electron chi connectivity index (χ4n) is 3.96. The highest BCUT2D eigenvalue weighted by molar-refractivity contribution is 7.80. The summed E-state index contributed by atoms with van der Waals surface area (Å²) < 4.78 is 16.3. The Morgan fingerprint density at radius 2 is 1.82 bits per heavy atom. The van der Waals surface area contributed by atoms with E-state index in [1.807, 2.05) is 47.4 Å². The summed E-state index contributed by atoms with van der Waals surface area (Å²) in [6.45, 7) is 5.15. The molecule has 0 saturated carbocycles. The van der Waals surface area contributed by atoms with E-state index in [4.69, 9.17) is 26.4 Å². The molecule has 1 saturated heterocycles. The number of nitrogens with zero attached hydrogens (tertiary/aromatic N) is 2. The molecule has 2 heterocycles. The Hall–Kier alpha value is -3.14. The van der Waals surface area contributed by atoms with Crippen molar-refractivity contribution in [3.8, 4) is 11.5 Å². The van der Waals surface area contributed by atoms with Crippen molar-refractivity contribution in [1.82, 2.24) is 14.8 Å². The minimum absolute atomic E-state index is 0.154. The molecular weight excluding hydrogens is 452 g/mol. The van der Waals surface area contributed by atoms with Crippen molar-refractivity contribution in [3.05, 3.63) is 64.4 Å². The van der Waals surface area contributed by atoms with E-state index in [1.54, 1.807) is 20.3 Å². The van der Waals surface area contributed by atoms with E-state index in [9.17, 15) is 4.79 Å². The molecule has 0 aliphatic carbocycles. The molecule has 0 atom stereocenters. The zero-order chi connectivity index (χ0) is 23.9. The number of hydrogen-bond acceptors (Lipinski definition) is 6. The van der Waals surface area contributed by atoms with Crippen LogP contribution in [0.3, 0.4) is 0 Å². The third kappa shape index (κ3) is 5.85. The molecule has 1 aromatic heterocycles. The van der Waals surface area contributed by atoms with Crippen LogP contribution in [0.25, 0.3) is 10.9 Å². The van der Waals surface area contributed by atoms with Gasteiger partial charge in [-0.2, -0.15) is 0 Å². The molecule has 0 unspecified atom stereocenters. The number of rotatable bonds is 8. The van der Waals surface area contributed by atoms with Gasteiger partial charge in [-0.05, 0) is 36.5 Å². The van der Waals surface area contributed by atoms with E-state index >= 15 is 0 Å². The lowest BCUT2D eigenvalue weighted by Crippen LogP contribution is -2.44. The molecule has 34 heavy (non-hydrogen) atoms. The third-order valence-electron chi connectivity index (χ3n) is 5.89. The quantitative estimate of drug-likeness (QED) is 0.475. The van der Waals surface area contributed by atoms with Crippen LogP contribution in [0.5, 0.6) is 11.5 Å². The van der Waals surface area contributed by atoms with Gasteiger partial charge >= 0.3 is 0 Å². The number of anilines is 1. The minimum Gasteiger partial charge on any atom is -0.493 e. The number of ether oxygens (including phenoxy) is 3. The van der Waals surface area contributed by atoms with Crippen molar-refractivity contribution in [3.63, 3.8) is 0 Å². The van der Waals surface area contributed by atoms with Crippen LogP contribution in [-0.2, 0) is 11.3 Å². The van der Waals surface area contributed by atoms with Gasteiger partial charge in [0.1, 0.15) is 0 Å². The topological polar surface area (TPSA) is 79.1 Å². The summed E-state index contributed by atoms with van der Waals surface area (Å²) in [7, 11) is 3.17. The van der Waals surface area contributed by atoms with Crippen LogP contribution >= 0.6 is 12.2 Å². The van der Waals surface area contributed by atoms with Crippen LogP contribution in [0.4, 0.5) is 5.69 Å². The number of fused-ring (bicyclic) bond motifs is 1. The Kier molecular flexibility index (Phi) is 7.99. The molecule has 0 spiro atoms. The lowest BCUT2D eigenvalue weighted by atomic mass is 10.1. The first kappa shape index (κ1) is 24.0. The Morgan fingerprint density at radius 3 is 2.53 bits per heavy atom. The molecule has 1 aliphatic heterocycles. The average Bonchev–Trinajstić information content (AvgIpc) is 2.87. The molecule has 0 radical (unpaired) electrons. The van der Waals surface area contributed by atoms with Crippen LogP contribution in [-0.4, -0.2) is 73.5 Å². The smallest absolute Gasteiger partial charge is 0.253 e. The van der Waals surface area contributed by atoms with E-state index in [1.165, 1.54) is 0 Å². The number of benzene rings is 2. The molecule has 2 N–H and O–H groups in total. The number of H-pyrrole nitrogens is 1. The molecule has 1 aliphatic rings. The second-order valence-electron chi connectivity index (χ2n) is 8.09. The monoisotopic (exact) mass is 482 g/mol. The van der Waals surface area contributed by atoms with Gasteiger partial charge in [-0.15, -0.1) is 0 Å². The standard InChI is InChI=1S/C25H30N4O4S/c1-31-22-15-18-14-19(24(30)27-21(18)16-23(22)32-2)17-29(9-8-28-10-12-33-13-11-28)25(34)26-20-6-4-3-5-7-20/h3-7,14-16H,8-13,17H2,1-2H3,(H,26,34)(H,27,30). The van der Waals surface area contributed by atoms with E-state index in [0.29, 0.717) is 40.8 Å².